The van der Waals surface area contributed by atoms with Crippen LogP contribution >= 0.6 is 21.6 Å². The number of nitrogens with zero attached hydrogens (tertiary/aromatic N) is 2. The molecule has 62 heavy (non-hydrogen) atoms. The van der Waals surface area contributed by atoms with Gasteiger partial charge in [0.25, 0.3) is 0 Å². The van der Waals surface area contributed by atoms with Crippen LogP contribution in [0.5, 0.6) is 0 Å². The first-order valence-corrected chi connectivity index (χ1v) is 23.4. The maximum atomic E-state index is 14.3. The molecule has 4 aromatic carbocycles. The van der Waals surface area contributed by atoms with Crippen LogP contribution in [0.15, 0.2) is 84.9 Å². The van der Waals surface area contributed by atoms with E-state index in [0.29, 0.717) is 50.1 Å². The van der Waals surface area contributed by atoms with Crippen molar-refractivity contribution >= 4 is 90.3 Å². The normalized spacial score (nSPS) is 17.6. The highest BCUT2D eigenvalue weighted by molar-refractivity contribution is 8.76. The van der Waals surface area contributed by atoms with Crippen molar-refractivity contribution < 1.29 is 38.2 Å². The molecule has 2 saturated heterocycles. The summed E-state index contributed by atoms with van der Waals surface area (Å²) in [6, 6.07) is 23.2. The maximum Gasteiger partial charge on any atom is 0.408 e. The smallest absolute Gasteiger partial charge is 0.408 e. The summed E-state index contributed by atoms with van der Waals surface area (Å²) in [6.07, 6.45) is 0.508. The molecule has 0 spiro atoms. The average Bonchev–Trinajstić information content (AvgIpc) is 3.91. The topological polar surface area (TPSA) is 175 Å². The summed E-state index contributed by atoms with van der Waals surface area (Å²) in [6.45, 7) is 10.9. The average molecular weight is 885 g/mol. The summed E-state index contributed by atoms with van der Waals surface area (Å²) in [5, 5.41) is 15.4. The molecule has 4 N–H and O–H groups in total. The Kier molecular flexibility index (Phi) is 15.0. The van der Waals surface area contributed by atoms with Gasteiger partial charge in [-0.25, -0.2) is 9.59 Å². The van der Waals surface area contributed by atoms with Gasteiger partial charge in [0.1, 0.15) is 35.4 Å². The van der Waals surface area contributed by atoms with E-state index in [1.54, 1.807) is 41.5 Å². The van der Waals surface area contributed by atoms with Crippen molar-refractivity contribution in [3.63, 3.8) is 0 Å². The van der Waals surface area contributed by atoms with Crippen LogP contribution < -0.4 is 21.3 Å². The molecule has 14 nitrogen and oxygen atoms in total. The summed E-state index contributed by atoms with van der Waals surface area (Å²) in [5.74, 6) is -1.46. The van der Waals surface area contributed by atoms with E-state index >= 15 is 0 Å². The first-order valence-electron chi connectivity index (χ1n) is 20.9. The van der Waals surface area contributed by atoms with Crippen molar-refractivity contribution in [1.29, 1.82) is 0 Å². The fraction of sp³-hybridized carbons (Fsp3) is 0.435. The van der Waals surface area contributed by atoms with Gasteiger partial charge in [0.15, 0.2) is 0 Å². The number of carbonyl (C=O) groups is 6. The summed E-state index contributed by atoms with van der Waals surface area (Å²) in [7, 11) is 2.43. The van der Waals surface area contributed by atoms with Crippen LogP contribution in [0.1, 0.15) is 67.2 Å². The Balaban J connectivity index is 1.13. The monoisotopic (exact) mass is 884 g/mol. The number of amides is 6. The lowest BCUT2D eigenvalue weighted by Gasteiger charge is -2.30. The van der Waals surface area contributed by atoms with Crippen LogP contribution in [0.4, 0.5) is 21.0 Å². The van der Waals surface area contributed by atoms with Gasteiger partial charge in [-0.3, -0.25) is 19.2 Å². The number of benzene rings is 4. The number of carbonyl (C=O) groups excluding carboxylic acids is 6. The van der Waals surface area contributed by atoms with Gasteiger partial charge in [-0.05, 0) is 113 Å². The molecule has 16 heteroatoms. The number of likely N-dealkylation sites (tertiary alicyclic amines) is 2. The quantitative estimate of drug-likeness (QED) is 0.0769. The van der Waals surface area contributed by atoms with Gasteiger partial charge in [0, 0.05) is 36.0 Å². The zero-order valence-electron chi connectivity index (χ0n) is 36.0. The third-order valence-electron chi connectivity index (χ3n) is 10.2. The number of rotatable bonds is 13. The molecule has 0 aliphatic carbocycles. The number of alkyl carbamates (subject to hydrolysis) is 2. The van der Waals surface area contributed by atoms with Crippen molar-refractivity contribution in [1.82, 2.24) is 20.4 Å². The number of anilines is 2. The molecule has 330 valence electrons. The molecule has 2 aliphatic heterocycles. The Bertz CT molecular complexity index is 2140. The van der Waals surface area contributed by atoms with Crippen molar-refractivity contribution in [3.05, 3.63) is 84.9 Å². The second-order valence-electron chi connectivity index (χ2n) is 17.4. The molecule has 6 rings (SSSR count). The Morgan fingerprint density at radius 3 is 1.32 bits per heavy atom. The number of hydrogen-bond acceptors (Lipinski definition) is 10. The molecule has 2 fully saturated rings. The SMILES string of the molecule is CC(C)(C)OC(=O)NC(CSSCC(NC(=O)OC(C)(C)C)C(=O)N1CCC[C@H]1C(=O)Nc1ccc2ccccc2c1)C(=O)N1CCC[C@H]1C(=O)Nc1ccc2ccccc2c1. The number of nitrogens with one attached hydrogen (secondary N) is 4. The van der Waals surface area contributed by atoms with Gasteiger partial charge in [-0.2, -0.15) is 0 Å². The molecule has 2 heterocycles. The van der Waals surface area contributed by atoms with Crippen molar-refractivity contribution in [2.24, 2.45) is 0 Å². The minimum absolute atomic E-state index is 0.0477. The number of ether oxygens (including phenoxy) is 2. The highest BCUT2D eigenvalue weighted by atomic mass is 33.1. The van der Waals surface area contributed by atoms with Crippen LogP contribution in [-0.4, -0.2) is 106 Å². The fourth-order valence-corrected chi connectivity index (χ4v) is 9.78. The molecule has 0 bridgehead atoms. The summed E-state index contributed by atoms with van der Waals surface area (Å²) < 4.78 is 11.0. The largest absolute Gasteiger partial charge is 0.444 e. The van der Waals surface area contributed by atoms with Gasteiger partial charge in [0.2, 0.25) is 23.6 Å². The van der Waals surface area contributed by atoms with E-state index in [1.165, 1.54) is 31.4 Å². The van der Waals surface area contributed by atoms with Gasteiger partial charge in [0.05, 0.1) is 0 Å². The molecule has 0 radical (unpaired) electrons. The Morgan fingerprint density at radius 1 is 0.581 bits per heavy atom. The lowest BCUT2D eigenvalue weighted by molar-refractivity contribution is -0.138. The second kappa shape index (κ2) is 20.1. The van der Waals surface area contributed by atoms with Gasteiger partial charge in [-0.15, -0.1) is 0 Å². The first-order chi connectivity index (χ1) is 29.4. The predicted octanol–water partition coefficient (Wildman–Crippen LogP) is 7.72. The molecule has 0 saturated carbocycles. The van der Waals surface area contributed by atoms with Gasteiger partial charge in [-0.1, -0.05) is 82.3 Å². The summed E-state index contributed by atoms with van der Waals surface area (Å²) in [4.78, 5) is 85.0. The van der Waals surface area contributed by atoms with E-state index in [-0.39, 0.29) is 23.3 Å². The van der Waals surface area contributed by atoms with Crippen LogP contribution in [-0.2, 0) is 28.7 Å². The second-order valence-corrected chi connectivity index (χ2v) is 20.0. The molecule has 0 aromatic heterocycles. The van der Waals surface area contributed by atoms with Crippen LogP contribution in [0.25, 0.3) is 21.5 Å². The molecule has 4 aromatic rings. The van der Waals surface area contributed by atoms with Crippen LogP contribution in [0.3, 0.4) is 0 Å². The molecule has 6 amide bonds. The first kappa shape index (κ1) is 46.0. The zero-order chi connectivity index (χ0) is 44.6. The van der Waals surface area contributed by atoms with Crippen LogP contribution in [0, 0.1) is 0 Å². The molecule has 2 unspecified atom stereocenters. The van der Waals surface area contributed by atoms with E-state index in [1.807, 2.05) is 84.9 Å². The maximum absolute atomic E-state index is 14.3. The van der Waals surface area contributed by atoms with Gasteiger partial charge >= 0.3 is 12.2 Å². The van der Waals surface area contributed by atoms with E-state index < -0.39 is 59.4 Å². The van der Waals surface area contributed by atoms with Gasteiger partial charge < -0.3 is 40.5 Å². The van der Waals surface area contributed by atoms with Crippen molar-refractivity contribution in [2.75, 3.05) is 35.2 Å². The third-order valence-corrected chi connectivity index (χ3v) is 12.7. The molecular formula is C46H56N6O8S2. The standard InChI is InChI=1S/C46H56N6O8S2/c1-45(2,3)59-43(57)49-35(41(55)51-23-11-17-37(51)39(53)47-33-21-19-29-13-7-9-15-31(29)25-33)27-61-62-28-36(50-44(58)60-46(4,5)6)42(56)52-24-12-18-38(52)40(54)48-34-22-20-30-14-8-10-16-32(30)26-34/h7-10,13-16,19-22,25-26,35-38H,11-12,17-18,23-24,27-28H2,1-6H3,(H,47,53)(H,48,54)(H,49,57)(H,50,58)/t35?,36?,37-,38-/m0/s1. The molecule has 4 atom stereocenters. The summed E-state index contributed by atoms with van der Waals surface area (Å²) >= 11 is 0. The van der Waals surface area contributed by atoms with E-state index in [9.17, 15) is 28.8 Å². The zero-order valence-corrected chi connectivity index (χ0v) is 37.7. The highest BCUT2D eigenvalue weighted by Gasteiger charge is 2.40. The van der Waals surface area contributed by atoms with Crippen LogP contribution in [0.2, 0.25) is 0 Å². The number of fused-ring (bicyclic) bond motifs is 2. The van der Waals surface area contributed by atoms with E-state index in [4.69, 9.17) is 9.47 Å². The number of hydrogen-bond donors (Lipinski definition) is 4. The highest BCUT2D eigenvalue weighted by Crippen LogP contribution is 2.29. The lowest BCUT2D eigenvalue weighted by atomic mass is 10.1. The van der Waals surface area contributed by atoms with E-state index in [2.05, 4.69) is 21.3 Å². The minimum atomic E-state index is -1.09. The Morgan fingerprint density at radius 2 is 0.952 bits per heavy atom. The third kappa shape index (κ3) is 12.6. The fourth-order valence-electron chi connectivity index (χ4n) is 7.47. The molecular weight excluding hydrogens is 829 g/mol. The Labute approximate surface area is 370 Å². The lowest BCUT2D eigenvalue weighted by Crippen LogP contribution is -2.54. The minimum Gasteiger partial charge on any atom is -0.444 e. The Hall–Kier alpha value is -5.48. The van der Waals surface area contributed by atoms with Crippen molar-refractivity contribution in [3.8, 4) is 0 Å². The predicted molar refractivity (Wildman–Crippen MR) is 246 cm³/mol. The summed E-state index contributed by atoms with van der Waals surface area (Å²) in [5.41, 5.74) is -0.455. The van der Waals surface area contributed by atoms with Crippen molar-refractivity contribution in [2.45, 2.75) is 103 Å². The molecule has 2 aliphatic rings. The van der Waals surface area contributed by atoms with E-state index in [0.717, 1.165) is 21.5 Å².